The molecule has 2 aliphatic heterocycles. The van der Waals surface area contributed by atoms with Crippen LogP contribution in [0.1, 0.15) is 18.9 Å². The summed E-state index contributed by atoms with van der Waals surface area (Å²) in [6.07, 6.45) is 3.07. The molecular weight excluding hydrogens is 304 g/mol. The molecule has 1 aromatic carbocycles. The molecule has 1 atom stereocenters. The van der Waals surface area contributed by atoms with Gasteiger partial charge >= 0.3 is 0 Å². The Balaban J connectivity index is 1.60. The lowest BCUT2D eigenvalue weighted by molar-refractivity contribution is -0.137. The smallest absolute Gasteiger partial charge is 0.239 e. The van der Waals surface area contributed by atoms with Gasteiger partial charge in [0.15, 0.2) is 0 Å². The van der Waals surface area contributed by atoms with Crippen LogP contribution in [0.2, 0.25) is 0 Å². The first-order valence-corrected chi connectivity index (χ1v) is 8.63. The second-order valence-corrected chi connectivity index (χ2v) is 6.32. The Labute approximate surface area is 143 Å². The number of hydrogen-bond acceptors (Lipinski definition) is 4. The quantitative estimate of drug-likeness (QED) is 0.847. The number of carbonyl (C=O) groups is 1. The number of amides is 1. The predicted octanol–water partition coefficient (Wildman–Crippen LogP) is 2.03. The molecule has 1 amide bonds. The fourth-order valence-electron chi connectivity index (χ4n) is 3.32. The number of morpholine rings is 1. The summed E-state index contributed by atoms with van der Waals surface area (Å²) in [5, 5.41) is 0. The molecule has 0 saturated carbocycles. The lowest BCUT2D eigenvalue weighted by Gasteiger charge is -2.35. The molecule has 24 heavy (non-hydrogen) atoms. The zero-order chi connectivity index (χ0) is 16.9. The molecule has 3 rings (SSSR count). The third kappa shape index (κ3) is 3.79. The van der Waals surface area contributed by atoms with Crippen molar-refractivity contribution in [3.05, 3.63) is 35.9 Å². The van der Waals surface area contributed by atoms with Gasteiger partial charge in [-0.25, -0.2) is 0 Å². The Kier molecular flexibility index (Phi) is 5.53. The van der Waals surface area contributed by atoms with Crippen molar-refractivity contribution in [1.29, 1.82) is 0 Å². The second-order valence-electron chi connectivity index (χ2n) is 6.32. The van der Waals surface area contributed by atoms with Gasteiger partial charge in [-0.2, -0.15) is 0 Å². The van der Waals surface area contributed by atoms with E-state index >= 15 is 0 Å². The molecule has 5 heteroatoms. The van der Waals surface area contributed by atoms with Gasteiger partial charge in [0.2, 0.25) is 5.91 Å². The van der Waals surface area contributed by atoms with Crippen LogP contribution in [0.3, 0.4) is 0 Å². The molecular formula is C19H26N2O3. The Hall–Kier alpha value is -1.85. The standard InChI is InChI=1S/C19H26N2O3/c1-15(20-11-13-24-14-12-20)19(22)21-9-7-17(8-10-21)16-3-5-18(23-2)6-4-16/h3-7,15H,8-14H2,1-2H3/t15-/m0/s1. The van der Waals surface area contributed by atoms with E-state index < -0.39 is 0 Å². The maximum atomic E-state index is 12.7. The molecule has 1 aromatic rings. The van der Waals surface area contributed by atoms with E-state index in [9.17, 15) is 4.79 Å². The summed E-state index contributed by atoms with van der Waals surface area (Å²) in [6, 6.07) is 8.06. The van der Waals surface area contributed by atoms with Crippen LogP contribution in [0.25, 0.3) is 5.57 Å². The topological polar surface area (TPSA) is 42.0 Å². The Morgan fingerprint density at radius 1 is 1.17 bits per heavy atom. The highest BCUT2D eigenvalue weighted by Crippen LogP contribution is 2.25. The number of methoxy groups -OCH3 is 1. The average Bonchev–Trinajstić information content (AvgIpc) is 2.68. The average molecular weight is 330 g/mol. The minimum absolute atomic E-state index is 0.0650. The Morgan fingerprint density at radius 3 is 2.46 bits per heavy atom. The third-order valence-electron chi connectivity index (χ3n) is 4.93. The summed E-state index contributed by atoms with van der Waals surface area (Å²) in [5.74, 6) is 1.09. The van der Waals surface area contributed by atoms with E-state index in [1.165, 1.54) is 11.1 Å². The van der Waals surface area contributed by atoms with E-state index in [4.69, 9.17) is 9.47 Å². The fraction of sp³-hybridized carbons (Fsp3) is 0.526. The number of rotatable bonds is 4. The first kappa shape index (κ1) is 17.0. The third-order valence-corrected chi connectivity index (χ3v) is 4.93. The highest BCUT2D eigenvalue weighted by atomic mass is 16.5. The lowest BCUT2D eigenvalue weighted by atomic mass is 9.99. The predicted molar refractivity (Wildman–Crippen MR) is 94.0 cm³/mol. The van der Waals surface area contributed by atoms with Gasteiger partial charge in [0.25, 0.3) is 0 Å². The number of nitrogens with zero attached hydrogens (tertiary/aromatic N) is 2. The van der Waals surface area contributed by atoms with Gasteiger partial charge < -0.3 is 14.4 Å². The molecule has 0 unspecified atom stereocenters. The SMILES string of the molecule is COc1ccc(C2=CCN(C(=O)[C@H](C)N3CCOCC3)CC2)cc1. The summed E-state index contributed by atoms with van der Waals surface area (Å²) in [5.41, 5.74) is 2.52. The van der Waals surface area contributed by atoms with Gasteiger partial charge in [-0.3, -0.25) is 9.69 Å². The number of benzene rings is 1. The summed E-state index contributed by atoms with van der Waals surface area (Å²) in [4.78, 5) is 16.9. The number of ether oxygens (including phenoxy) is 2. The van der Waals surface area contributed by atoms with Gasteiger partial charge in [0.05, 0.1) is 26.4 Å². The van der Waals surface area contributed by atoms with Crippen molar-refractivity contribution >= 4 is 11.5 Å². The van der Waals surface area contributed by atoms with E-state index in [1.54, 1.807) is 7.11 Å². The van der Waals surface area contributed by atoms with E-state index in [-0.39, 0.29) is 11.9 Å². The van der Waals surface area contributed by atoms with Crippen molar-refractivity contribution in [3.63, 3.8) is 0 Å². The van der Waals surface area contributed by atoms with Crippen molar-refractivity contribution in [2.45, 2.75) is 19.4 Å². The Morgan fingerprint density at radius 2 is 1.88 bits per heavy atom. The second kappa shape index (κ2) is 7.81. The monoisotopic (exact) mass is 330 g/mol. The molecule has 1 saturated heterocycles. The minimum atomic E-state index is -0.0650. The fourth-order valence-corrected chi connectivity index (χ4v) is 3.32. The van der Waals surface area contributed by atoms with Gasteiger partial charge in [-0.15, -0.1) is 0 Å². The van der Waals surface area contributed by atoms with Crippen molar-refractivity contribution in [2.75, 3.05) is 46.5 Å². The van der Waals surface area contributed by atoms with Gasteiger partial charge in [0.1, 0.15) is 5.75 Å². The number of carbonyl (C=O) groups excluding carboxylic acids is 1. The highest BCUT2D eigenvalue weighted by Gasteiger charge is 2.28. The molecule has 0 aromatic heterocycles. The van der Waals surface area contributed by atoms with Crippen LogP contribution >= 0.6 is 0 Å². The van der Waals surface area contributed by atoms with E-state index in [0.717, 1.165) is 45.0 Å². The molecule has 2 heterocycles. The number of hydrogen-bond donors (Lipinski definition) is 0. The minimum Gasteiger partial charge on any atom is -0.497 e. The summed E-state index contributed by atoms with van der Waals surface area (Å²) < 4.78 is 10.6. The van der Waals surface area contributed by atoms with Crippen molar-refractivity contribution in [2.24, 2.45) is 0 Å². The largest absolute Gasteiger partial charge is 0.497 e. The van der Waals surface area contributed by atoms with E-state index in [0.29, 0.717) is 6.54 Å². The zero-order valence-electron chi connectivity index (χ0n) is 14.5. The summed E-state index contributed by atoms with van der Waals surface area (Å²) >= 11 is 0. The lowest BCUT2D eigenvalue weighted by Crippen LogP contribution is -2.51. The first-order chi connectivity index (χ1) is 11.7. The van der Waals surface area contributed by atoms with Gasteiger partial charge in [-0.1, -0.05) is 18.2 Å². The van der Waals surface area contributed by atoms with Crippen LogP contribution in [0.5, 0.6) is 5.75 Å². The molecule has 1 fully saturated rings. The molecule has 130 valence electrons. The van der Waals surface area contributed by atoms with Gasteiger partial charge in [0, 0.05) is 26.2 Å². The normalized spacial score (nSPS) is 20.4. The Bertz CT molecular complexity index is 591. The van der Waals surface area contributed by atoms with E-state index in [1.807, 2.05) is 24.0 Å². The summed E-state index contributed by atoms with van der Waals surface area (Å²) in [7, 11) is 1.67. The first-order valence-electron chi connectivity index (χ1n) is 8.63. The van der Waals surface area contributed by atoms with Crippen molar-refractivity contribution < 1.29 is 14.3 Å². The van der Waals surface area contributed by atoms with E-state index in [2.05, 4.69) is 23.1 Å². The molecule has 0 bridgehead atoms. The molecule has 2 aliphatic rings. The van der Waals surface area contributed by atoms with Crippen LogP contribution in [-0.2, 0) is 9.53 Å². The van der Waals surface area contributed by atoms with Crippen LogP contribution in [-0.4, -0.2) is 68.3 Å². The molecule has 0 radical (unpaired) electrons. The van der Waals surface area contributed by atoms with Crippen LogP contribution in [0.4, 0.5) is 0 Å². The van der Waals surface area contributed by atoms with Crippen molar-refractivity contribution in [1.82, 2.24) is 9.80 Å². The molecule has 0 N–H and O–H groups in total. The van der Waals surface area contributed by atoms with Crippen LogP contribution in [0.15, 0.2) is 30.3 Å². The highest BCUT2D eigenvalue weighted by molar-refractivity contribution is 5.83. The zero-order valence-corrected chi connectivity index (χ0v) is 14.5. The molecule has 5 nitrogen and oxygen atoms in total. The molecule has 0 spiro atoms. The maximum absolute atomic E-state index is 12.7. The van der Waals surface area contributed by atoms with Crippen LogP contribution < -0.4 is 4.74 Å². The van der Waals surface area contributed by atoms with Gasteiger partial charge in [-0.05, 0) is 36.6 Å². The van der Waals surface area contributed by atoms with Crippen LogP contribution in [0, 0.1) is 0 Å². The maximum Gasteiger partial charge on any atom is 0.239 e. The van der Waals surface area contributed by atoms with Crippen molar-refractivity contribution in [3.8, 4) is 5.75 Å². The molecule has 0 aliphatic carbocycles. The summed E-state index contributed by atoms with van der Waals surface area (Å²) in [6.45, 7) is 6.61.